The summed E-state index contributed by atoms with van der Waals surface area (Å²) in [5.41, 5.74) is -1.03. The van der Waals surface area contributed by atoms with E-state index < -0.39 is 17.6 Å². The molecule has 1 amide bonds. The van der Waals surface area contributed by atoms with Crippen molar-refractivity contribution >= 4 is 11.9 Å². The van der Waals surface area contributed by atoms with Gasteiger partial charge in [-0.15, -0.1) is 0 Å². The van der Waals surface area contributed by atoms with Crippen LogP contribution in [-0.4, -0.2) is 59.8 Å². The lowest BCUT2D eigenvalue weighted by Crippen LogP contribution is -2.59. The summed E-state index contributed by atoms with van der Waals surface area (Å²) in [6, 6.07) is -0.505. The van der Waals surface area contributed by atoms with Crippen LogP contribution in [-0.2, 0) is 14.3 Å². The first-order valence-corrected chi connectivity index (χ1v) is 6.84. The quantitative estimate of drug-likeness (QED) is 0.734. The fraction of sp³-hybridized carbons (Fsp3) is 0.846. The Hall–Kier alpha value is -1.14. The number of morpholine rings is 1. The van der Waals surface area contributed by atoms with Crippen LogP contribution in [0.1, 0.15) is 33.6 Å². The van der Waals surface area contributed by atoms with E-state index in [1.165, 1.54) is 0 Å². The minimum atomic E-state index is -1.03. The standard InChI is InChI=1S/C13H24N2O4/c1-4-13(5-2,12(17)18)14-10(3)11(16)15-6-8-19-9-7-15/h10,14H,4-9H2,1-3H3,(H,17,18). The number of carboxylic acids is 1. The van der Waals surface area contributed by atoms with Gasteiger partial charge in [0.1, 0.15) is 5.54 Å². The fourth-order valence-electron chi connectivity index (χ4n) is 2.35. The van der Waals surface area contributed by atoms with E-state index >= 15 is 0 Å². The Balaban J connectivity index is 2.68. The number of carbonyl (C=O) groups is 2. The van der Waals surface area contributed by atoms with Gasteiger partial charge in [0.25, 0.3) is 0 Å². The van der Waals surface area contributed by atoms with E-state index in [0.717, 1.165) is 0 Å². The van der Waals surface area contributed by atoms with Gasteiger partial charge in [0.15, 0.2) is 0 Å². The Bertz CT molecular complexity index is 323. The molecule has 1 saturated heterocycles. The molecule has 0 aromatic carbocycles. The number of amides is 1. The molecular formula is C13H24N2O4. The van der Waals surface area contributed by atoms with Gasteiger partial charge in [0.2, 0.25) is 5.91 Å². The molecule has 0 bridgehead atoms. The van der Waals surface area contributed by atoms with Crippen LogP contribution >= 0.6 is 0 Å². The number of rotatable bonds is 6. The van der Waals surface area contributed by atoms with Gasteiger partial charge < -0.3 is 14.7 Å². The smallest absolute Gasteiger partial charge is 0.323 e. The van der Waals surface area contributed by atoms with E-state index in [1.54, 1.807) is 11.8 Å². The third-order valence-corrected chi connectivity index (χ3v) is 3.80. The number of carboxylic acid groups (broad SMARTS) is 1. The second kappa shape index (κ2) is 6.86. The summed E-state index contributed by atoms with van der Waals surface area (Å²) in [5.74, 6) is -0.963. The molecule has 110 valence electrons. The predicted octanol–water partition coefficient (Wildman–Crippen LogP) is 0.467. The minimum Gasteiger partial charge on any atom is -0.480 e. The highest BCUT2D eigenvalue weighted by Crippen LogP contribution is 2.17. The number of carbonyl (C=O) groups excluding carboxylic acids is 1. The SMILES string of the molecule is CCC(CC)(NC(C)C(=O)N1CCOCC1)C(=O)O. The molecule has 6 heteroatoms. The number of nitrogens with one attached hydrogen (secondary N) is 1. The van der Waals surface area contributed by atoms with E-state index in [2.05, 4.69) is 5.32 Å². The lowest BCUT2D eigenvalue weighted by Gasteiger charge is -2.34. The highest BCUT2D eigenvalue weighted by atomic mass is 16.5. The Labute approximate surface area is 114 Å². The summed E-state index contributed by atoms with van der Waals surface area (Å²) < 4.78 is 5.20. The molecule has 0 aliphatic carbocycles. The van der Waals surface area contributed by atoms with Crippen LogP contribution in [0.4, 0.5) is 0 Å². The van der Waals surface area contributed by atoms with Gasteiger partial charge in [-0.2, -0.15) is 0 Å². The second-order valence-electron chi connectivity index (χ2n) is 4.90. The minimum absolute atomic E-state index is 0.0594. The molecule has 19 heavy (non-hydrogen) atoms. The number of ether oxygens (including phenoxy) is 1. The average Bonchev–Trinajstić information content (AvgIpc) is 2.44. The first-order chi connectivity index (χ1) is 8.96. The molecule has 1 unspecified atom stereocenters. The zero-order chi connectivity index (χ0) is 14.5. The topological polar surface area (TPSA) is 78.9 Å². The summed E-state index contributed by atoms with van der Waals surface area (Å²) in [6.07, 6.45) is 0.888. The van der Waals surface area contributed by atoms with Gasteiger partial charge in [-0.1, -0.05) is 13.8 Å². The molecule has 1 heterocycles. The van der Waals surface area contributed by atoms with Crippen molar-refractivity contribution in [1.29, 1.82) is 0 Å². The molecule has 0 radical (unpaired) electrons. The first kappa shape index (κ1) is 15.9. The van der Waals surface area contributed by atoms with E-state index in [-0.39, 0.29) is 5.91 Å². The maximum Gasteiger partial charge on any atom is 0.323 e. The molecule has 6 nitrogen and oxygen atoms in total. The molecule has 0 aromatic rings. The molecule has 0 aromatic heterocycles. The van der Waals surface area contributed by atoms with Crippen LogP contribution in [0.25, 0.3) is 0 Å². The Morgan fingerprint density at radius 2 is 1.84 bits per heavy atom. The summed E-state index contributed by atoms with van der Waals surface area (Å²) in [6.45, 7) is 7.59. The van der Waals surface area contributed by atoms with Crippen molar-refractivity contribution < 1.29 is 19.4 Å². The van der Waals surface area contributed by atoms with Crippen molar-refractivity contribution in [3.8, 4) is 0 Å². The summed E-state index contributed by atoms with van der Waals surface area (Å²) in [4.78, 5) is 25.4. The average molecular weight is 272 g/mol. The third kappa shape index (κ3) is 3.67. The largest absolute Gasteiger partial charge is 0.480 e. The molecule has 1 aliphatic rings. The fourth-order valence-corrected chi connectivity index (χ4v) is 2.35. The molecule has 1 fully saturated rings. The lowest BCUT2D eigenvalue weighted by atomic mass is 9.92. The molecule has 1 atom stereocenters. The number of aliphatic carboxylic acids is 1. The number of nitrogens with zero attached hydrogens (tertiary/aromatic N) is 1. The van der Waals surface area contributed by atoms with Crippen molar-refractivity contribution in [3.05, 3.63) is 0 Å². The van der Waals surface area contributed by atoms with Crippen molar-refractivity contribution in [3.63, 3.8) is 0 Å². The van der Waals surface area contributed by atoms with Crippen molar-refractivity contribution in [2.24, 2.45) is 0 Å². The lowest BCUT2D eigenvalue weighted by molar-refractivity contribution is -0.147. The molecule has 1 rings (SSSR count). The first-order valence-electron chi connectivity index (χ1n) is 6.84. The van der Waals surface area contributed by atoms with Crippen LogP contribution in [0.15, 0.2) is 0 Å². The van der Waals surface area contributed by atoms with E-state index in [0.29, 0.717) is 39.1 Å². The zero-order valence-electron chi connectivity index (χ0n) is 11.9. The maximum atomic E-state index is 12.2. The van der Waals surface area contributed by atoms with E-state index in [1.807, 2.05) is 13.8 Å². The molecular weight excluding hydrogens is 248 g/mol. The van der Waals surface area contributed by atoms with Crippen LogP contribution in [0.3, 0.4) is 0 Å². The summed E-state index contributed by atoms with van der Waals surface area (Å²) in [5, 5.41) is 12.4. The Morgan fingerprint density at radius 3 is 2.26 bits per heavy atom. The highest BCUT2D eigenvalue weighted by Gasteiger charge is 2.38. The van der Waals surface area contributed by atoms with Crippen molar-refractivity contribution in [1.82, 2.24) is 10.2 Å². The number of hydrogen-bond donors (Lipinski definition) is 2. The van der Waals surface area contributed by atoms with Crippen LogP contribution < -0.4 is 5.32 Å². The zero-order valence-corrected chi connectivity index (χ0v) is 11.9. The Kier molecular flexibility index (Phi) is 5.75. The van der Waals surface area contributed by atoms with Crippen LogP contribution in [0, 0.1) is 0 Å². The molecule has 0 saturated carbocycles. The van der Waals surface area contributed by atoms with Crippen LogP contribution in [0.2, 0.25) is 0 Å². The van der Waals surface area contributed by atoms with Crippen LogP contribution in [0.5, 0.6) is 0 Å². The van der Waals surface area contributed by atoms with Gasteiger partial charge in [-0.05, 0) is 19.8 Å². The normalized spacial score (nSPS) is 18.2. The summed E-state index contributed by atoms with van der Waals surface area (Å²) in [7, 11) is 0. The second-order valence-corrected chi connectivity index (χ2v) is 4.90. The Morgan fingerprint density at radius 1 is 1.32 bits per heavy atom. The molecule has 1 aliphatic heterocycles. The van der Waals surface area contributed by atoms with Gasteiger partial charge >= 0.3 is 5.97 Å². The van der Waals surface area contributed by atoms with Crippen molar-refractivity contribution in [2.75, 3.05) is 26.3 Å². The van der Waals surface area contributed by atoms with E-state index in [4.69, 9.17) is 4.74 Å². The number of hydrogen-bond acceptors (Lipinski definition) is 4. The molecule has 0 spiro atoms. The van der Waals surface area contributed by atoms with E-state index in [9.17, 15) is 14.7 Å². The van der Waals surface area contributed by atoms with Crippen molar-refractivity contribution in [2.45, 2.75) is 45.2 Å². The predicted molar refractivity (Wildman–Crippen MR) is 70.9 cm³/mol. The monoisotopic (exact) mass is 272 g/mol. The summed E-state index contributed by atoms with van der Waals surface area (Å²) >= 11 is 0. The maximum absolute atomic E-state index is 12.2. The van der Waals surface area contributed by atoms with Gasteiger partial charge in [0, 0.05) is 13.1 Å². The highest BCUT2D eigenvalue weighted by molar-refractivity contribution is 5.84. The van der Waals surface area contributed by atoms with Gasteiger partial charge in [-0.25, -0.2) is 0 Å². The van der Waals surface area contributed by atoms with Gasteiger partial charge in [0.05, 0.1) is 19.3 Å². The third-order valence-electron chi connectivity index (χ3n) is 3.80. The van der Waals surface area contributed by atoms with Gasteiger partial charge in [-0.3, -0.25) is 14.9 Å². The molecule has 2 N–H and O–H groups in total.